The number of piperazine rings is 1. The third kappa shape index (κ3) is 1.83. The van der Waals surface area contributed by atoms with Crippen molar-refractivity contribution in [1.82, 2.24) is 10.3 Å². The molecular formula is C16H16N4. The maximum absolute atomic E-state index is 9.42. The summed E-state index contributed by atoms with van der Waals surface area (Å²) < 4.78 is 0. The van der Waals surface area contributed by atoms with Crippen LogP contribution in [0.2, 0.25) is 0 Å². The van der Waals surface area contributed by atoms with Crippen LogP contribution < -0.4 is 10.2 Å². The van der Waals surface area contributed by atoms with Gasteiger partial charge in [0.15, 0.2) is 0 Å². The lowest BCUT2D eigenvalue weighted by Gasteiger charge is -2.34. The molecule has 2 bridgehead atoms. The number of nitrogens with one attached hydrogen (secondary N) is 1. The second-order valence-electron chi connectivity index (χ2n) is 5.71. The first kappa shape index (κ1) is 11.7. The van der Waals surface area contributed by atoms with Crippen LogP contribution >= 0.6 is 0 Å². The summed E-state index contributed by atoms with van der Waals surface area (Å²) in [7, 11) is 0. The van der Waals surface area contributed by atoms with Gasteiger partial charge >= 0.3 is 0 Å². The van der Waals surface area contributed by atoms with Crippen molar-refractivity contribution in [2.24, 2.45) is 0 Å². The fourth-order valence-electron chi connectivity index (χ4n) is 3.40. The summed E-state index contributed by atoms with van der Waals surface area (Å²) in [6.45, 7) is 1.91. The van der Waals surface area contributed by atoms with Gasteiger partial charge in [-0.25, -0.2) is 4.98 Å². The molecule has 0 spiro atoms. The molecular weight excluding hydrogens is 248 g/mol. The number of para-hydroxylation sites is 1. The first-order valence-electron chi connectivity index (χ1n) is 7.14. The maximum Gasteiger partial charge on any atom is 0.147 e. The van der Waals surface area contributed by atoms with E-state index in [4.69, 9.17) is 4.98 Å². The molecule has 2 unspecified atom stereocenters. The molecule has 4 rings (SSSR count). The minimum Gasteiger partial charge on any atom is -0.352 e. The highest BCUT2D eigenvalue weighted by Gasteiger charge is 2.33. The summed E-state index contributed by atoms with van der Waals surface area (Å²) in [5.41, 5.74) is 1.65. The average molecular weight is 264 g/mol. The maximum atomic E-state index is 9.42. The molecule has 2 aliphatic heterocycles. The molecule has 4 heteroatoms. The van der Waals surface area contributed by atoms with Gasteiger partial charge in [0.05, 0.1) is 11.1 Å². The Labute approximate surface area is 118 Å². The van der Waals surface area contributed by atoms with Crippen molar-refractivity contribution < 1.29 is 0 Å². The van der Waals surface area contributed by atoms with Gasteiger partial charge in [-0.15, -0.1) is 0 Å². The smallest absolute Gasteiger partial charge is 0.147 e. The topological polar surface area (TPSA) is 52.0 Å². The molecule has 2 aliphatic rings. The van der Waals surface area contributed by atoms with E-state index in [1.54, 1.807) is 0 Å². The monoisotopic (exact) mass is 264 g/mol. The Morgan fingerprint density at radius 1 is 1.20 bits per heavy atom. The van der Waals surface area contributed by atoms with Crippen molar-refractivity contribution in [2.75, 3.05) is 18.0 Å². The highest BCUT2D eigenvalue weighted by Crippen LogP contribution is 2.28. The predicted octanol–water partition coefficient (Wildman–Crippen LogP) is 2.05. The largest absolute Gasteiger partial charge is 0.352 e. The molecule has 1 N–H and O–H groups in total. The standard InChI is InChI=1S/C16H16N4/c17-8-12-7-11-3-1-2-4-15(11)19-16(12)20-9-13-5-6-14(10-20)18-13/h1-4,7,13-14,18H,5-6,9-10H2. The van der Waals surface area contributed by atoms with E-state index in [1.807, 2.05) is 30.3 Å². The normalized spacial score (nSPS) is 24.9. The van der Waals surface area contributed by atoms with E-state index in [0.717, 1.165) is 29.8 Å². The predicted molar refractivity (Wildman–Crippen MR) is 78.6 cm³/mol. The molecule has 2 fully saturated rings. The third-order valence-electron chi connectivity index (χ3n) is 4.34. The number of rotatable bonds is 1. The molecule has 0 aliphatic carbocycles. The van der Waals surface area contributed by atoms with Crippen molar-refractivity contribution in [3.05, 3.63) is 35.9 Å². The van der Waals surface area contributed by atoms with E-state index >= 15 is 0 Å². The van der Waals surface area contributed by atoms with Crippen molar-refractivity contribution in [1.29, 1.82) is 5.26 Å². The van der Waals surface area contributed by atoms with Gasteiger partial charge in [-0.1, -0.05) is 18.2 Å². The number of hydrogen-bond acceptors (Lipinski definition) is 4. The second kappa shape index (κ2) is 4.46. The third-order valence-corrected chi connectivity index (χ3v) is 4.34. The van der Waals surface area contributed by atoms with Gasteiger partial charge in [0.1, 0.15) is 11.9 Å². The van der Waals surface area contributed by atoms with Crippen LogP contribution in [-0.2, 0) is 0 Å². The zero-order valence-corrected chi connectivity index (χ0v) is 11.2. The second-order valence-corrected chi connectivity index (χ2v) is 5.71. The van der Waals surface area contributed by atoms with E-state index in [9.17, 15) is 5.26 Å². The minimum atomic E-state index is 0.550. The molecule has 2 aromatic rings. The lowest BCUT2D eigenvalue weighted by molar-refractivity contribution is 0.463. The Bertz CT molecular complexity index is 691. The first-order valence-corrected chi connectivity index (χ1v) is 7.14. The molecule has 0 radical (unpaired) electrons. The first-order chi connectivity index (χ1) is 9.83. The van der Waals surface area contributed by atoms with Gasteiger partial charge in [0, 0.05) is 30.6 Å². The van der Waals surface area contributed by atoms with Gasteiger partial charge in [0.25, 0.3) is 0 Å². The zero-order chi connectivity index (χ0) is 13.5. The number of hydrogen-bond donors (Lipinski definition) is 1. The van der Waals surface area contributed by atoms with Crippen molar-refractivity contribution >= 4 is 16.7 Å². The molecule has 2 saturated heterocycles. The van der Waals surface area contributed by atoms with Gasteiger partial charge in [0.2, 0.25) is 0 Å². The highest BCUT2D eigenvalue weighted by molar-refractivity contribution is 5.83. The molecule has 3 heterocycles. The molecule has 100 valence electrons. The van der Waals surface area contributed by atoms with E-state index < -0.39 is 0 Å². The van der Waals surface area contributed by atoms with Gasteiger partial charge in [-0.3, -0.25) is 0 Å². The summed E-state index contributed by atoms with van der Waals surface area (Å²) in [5.74, 6) is 0.851. The SMILES string of the molecule is N#Cc1cc2ccccc2nc1N1CC2CCC(C1)N2. The lowest BCUT2D eigenvalue weighted by atomic mass is 10.1. The van der Waals surface area contributed by atoms with Gasteiger partial charge < -0.3 is 10.2 Å². The number of fused-ring (bicyclic) bond motifs is 3. The number of aromatic nitrogens is 1. The Morgan fingerprint density at radius 3 is 2.70 bits per heavy atom. The molecule has 1 aromatic carbocycles. The summed E-state index contributed by atoms with van der Waals surface area (Å²) in [6.07, 6.45) is 2.47. The number of anilines is 1. The number of pyridine rings is 1. The fourth-order valence-corrected chi connectivity index (χ4v) is 3.40. The van der Waals surface area contributed by atoms with Crippen molar-refractivity contribution in [3.8, 4) is 6.07 Å². The molecule has 0 amide bonds. The van der Waals surface area contributed by atoms with Crippen LogP contribution in [0.3, 0.4) is 0 Å². The van der Waals surface area contributed by atoms with Crippen LogP contribution in [0, 0.1) is 11.3 Å². The summed E-state index contributed by atoms with van der Waals surface area (Å²) in [4.78, 5) is 7.02. The van der Waals surface area contributed by atoms with E-state index in [1.165, 1.54) is 12.8 Å². The van der Waals surface area contributed by atoms with E-state index in [-0.39, 0.29) is 0 Å². The van der Waals surface area contributed by atoms with Crippen molar-refractivity contribution in [3.63, 3.8) is 0 Å². The van der Waals surface area contributed by atoms with Crippen LogP contribution in [-0.4, -0.2) is 30.2 Å². The lowest BCUT2D eigenvalue weighted by Crippen LogP contribution is -2.51. The van der Waals surface area contributed by atoms with Crippen LogP contribution in [0.1, 0.15) is 18.4 Å². The Balaban J connectivity index is 1.80. The van der Waals surface area contributed by atoms with Crippen LogP contribution in [0.5, 0.6) is 0 Å². The Kier molecular flexibility index (Phi) is 2.61. The highest BCUT2D eigenvalue weighted by atomic mass is 15.3. The van der Waals surface area contributed by atoms with Crippen LogP contribution in [0.15, 0.2) is 30.3 Å². The van der Waals surface area contributed by atoms with Crippen molar-refractivity contribution in [2.45, 2.75) is 24.9 Å². The molecule has 2 atom stereocenters. The Hall–Kier alpha value is -2.12. The van der Waals surface area contributed by atoms with Gasteiger partial charge in [-0.05, 0) is 25.0 Å². The summed E-state index contributed by atoms with van der Waals surface area (Å²) in [6, 6.07) is 13.4. The number of nitriles is 1. The Morgan fingerprint density at radius 2 is 1.95 bits per heavy atom. The van der Waals surface area contributed by atoms with Gasteiger partial charge in [-0.2, -0.15) is 5.26 Å². The molecule has 4 nitrogen and oxygen atoms in total. The average Bonchev–Trinajstić information content (AvgIpc) is 2.84. The fraction of sp³-hybridized carbons (Fsp3) is 0.375. The zero-order valence-electron chi connectivity index (χ0n) is 11.2. The summed E-state index contributed by atoms with van der Waals surface area (Å²) >= 11 is 0. The summed E-state index contributed by atoms with van der Waals surface area (Å²) in [5, 5.41) is 14.1. The minimum absolute atomic E-state index is 0.550. The van der Waals surface area contributed by atoms with E-state index in [0.29, 0.717) is 17.6 Å². The molecule has 1 aromatic heterocycles. The molecule has 0 saturated carbocycles. The van der Waals surface area contributed by atoms with Crippen LogP contribution in [0.4, 0.5) is 5.82 Å². The number of nitrogens with zero attached hydrogens (tertiary/aromatic N) is 3. The molecule has 20 heavy (non-hydrogen) atoms. The van der Waals surface area contributed by atoms with Crippen LogP contribution in [0.25, 0.3) is 10.9 Å². The number of benzene rings is 1. The quantitative estimate of drug-likeness (QED) is 0.856. The van der Waals surface area contributed by atoms with E-state index in [2.05, 4.69) is 16.3 Å².